The first-order chi connectivity index (χ1) is 11.8. The van der Waals surface area contributed by atoms with Gasteiger partial charge in [-0.25, -0.2) is 13.2 Å². The highest BCUT2D eigenvalue weighted by atomic mass is 32.2. The molecule has 0 aromatic heterocycles. The van der Waals surface area contributed by atoms with E-state index in [1.54, 1.807) is 19.9 Å². The van der Waals surface area contributed by atoms with Gasteiger partial charge in [-0.2, -0.15) is 4.31 Å². The summed E-state index contributed by atoms with van der Waals surface area (Å²) < 4.78 is 32.1. The van der Waals surface area contributed by atoms with E-state index in [4.69, 9.17) is 9.84 Å². The Bertz CT molecular complexity index is 756. The van der Waals surface area contributed by atoms with Crippen LogP contribution in [-0.4, -0.2) is 62.1 Å². The fourth-order valence-electron chi connectivity index (χ4n) is 2.53. The first-order valence-electron chi connectivity index (χ1n) is 7.99. The maximum atomic E-state index is 12.8. The molecule has 1 aliphatic heterocycles. The van der Waals surface area contributed by atoms with Crippen molar-refractivity contribution in [2.24, 2.45) is 0 Å². The molecule has 0 aliphatic carbocycles. The summed E-state index contributed by atoms with van der Waals surface area (Å²) in [5, 5.41) is 11.4. The predicted molar refractivity (Wildman–Crippen MR) is 89.9 cm³/mol. The van der Waals surface area contributed by atoms with Crippen molar-refractivity contribution >= 4 is 21.9 Å². The van der Waals surface area contributed by atoms with E-state index < -0.39 is 27.9 Å². The summed E-state index contributed by atoms with van der Waals surface area (Å²) >= 11 is 0. The zero-order valence-corrected chi connectivity index (χ0v) is 15.0. The van der Waals surface area contributed by atoms with E-state index in [2.05, 4.69) is 5.32 Å². The molecule has 0 bridgehead atoms. The Labute approximate surface area is 146 Å². The first kappa shape index (κ1) is 19.4. The van der Waals surface area contributed by atoms with Gasteiger partial charge in [0.05, 0.1) is 18.1 Å². The van der Waals surface area contributed by atoms with Crippen LogP contribution >= 0.6 is 0 Å². The Balaban J connectivity index is 2.30. The van der Waals surface area contributed by atoms with Crippen molar-refractivity contribution in [3.8, 4) is 0 Å². The van der Waals surface area contributed by atoms with Crippen molar-refractivity contribution in [1.82, 2.24) is 9.62 Å². The number of sulfonamides is 1. The van der Waals surface area contributed by atoms with E-state index >= 15 is 0 Å². The van der Waals surface area contributed by atoms with Crippen LogP contribution in [0.2, 0.25) is 0 Å². The van der Waals surface area contributed by atoms with Crippen molar-refractivity contribution in [3.63, 3.8) is 0 Å². The average Bonchev–Trinajstić information content (AvgIpc) is 2.60. The van der Waals surface area contributed by atoms with Gasteiger partial charge < -0.3 is 15.2 Å². The maximum Gasteiger partial charge on any atom is 0.326 e. The molecule has 138 valence electrons. The number of carbonyl (C=O) groups is 2. The number of ether oxygens (including phenoxy) is 1. The number of aliphatic carboxylic acids is 1. The highest BCUT2D eigenvalue weighted by molar-refractivity contribution is 7.89. The van der Waals surface area contributed by atoms with Crippen molar-refractivity contribution in [2.75, 3.05) is 26.3 Å². The van der Waals surface area contributed by atoms with Gasteiger partial charge in [-0.3, -0.25) is 4.79 Å². The van der Waals surface area contributed by atoms with E-state index in [1.165, 1.54) is 16.4 Å². The van der Waals surface area contributed by atoms with Crippen molar-refractivity contribution in [2.45, 2.75) is 31.2 Å². The summed E-state index contributed by atoms with van der Waals surface area (Å²) in [4.78, 5) is 23.4. The number of rotatable bonds is 6. The summed E-state index contributed by atoms with van der Waals surface area (Å²) in [6, 6.07) is 3.30. The number of benzene rings is 1. The molecule has 1 aromatic carbocycles. The van der Waals surface area contributed by atoms with Crippen LogP contribution in [0, 0.1) is 6.92 Å². The third-order valence-electron chi connectivity index (χ3n) is 4.05. The van der Waals surface area contributed by atoms with E-state index in [-0.39, 0.29) is 30.0 Å². The number of hydrogen-bond acceptors (Lipinski definition) is 5. The molecule has 9 heteroatoms. The fraction of sp³-hybridized carbons (Fsp3) is 0.500. The van der Waals surface area contributed by atoms with Crippen LogP contribution in [0.1, 0.15) is 29.3 Å². The third-order valence-corrected chi connectivity index (χ3v) is 6.09. The van der Waals surface area contributed by atoms with Gasteiger partial charge in [0.15, 0.2) is 0 Å². The minimum absolute atomic E-state index is 0.0467. The molecule has 1 saturated heterocycles. The number of nitrogens with one attached hydrogen (secondary N) is 1. The number of aryl methyl sites for hydroxylation is 1. The Morgan fingerprint density at radius 2 is 1.96 bits per heavy atom. The Kier molecular flexibility index (Phi) is 6.15. The number of carboxylic acid groups (broad SMARTS) is 1. The zero-order chi connectivity index (χ0) is 18.6. The van der Waals surface area contributed by atoms with Gasteiger partial charge in [0.25, 0.3) is 5.91 Å². The lowest BCUT2D eigenvalue weighted by Crippen LogP contribution is -2.41. The van der Waals surface area contributed by atoms with Crippen LogP contribution in [0.25, 0.3) is 0 Å². The van der Waals surface area contributed by atoms with Gasteiger partial charge in [-0.15, -0.1) is 0 Å². The van der Waals surface area contributed by atoms with Crippen LogP contribution in [0.5, 0.6) is 0 Å². The minimum Gasteiger partial charge on any atom is -0.480 e. The molecule has 25 heavy (non-hydrogen) atoms. The summed E-state index contributed by atoms with van der Waals surface area (Å²) in [6.45, 7) is 4.47. The Morgan fingerprint density at radius 3 is 2.52 bits per heavy atom. The van der Waals surface area contributed by atoms with Crippen LogP contribution in [0.4, 0.5) is 0 Å². The molecule has 2 N–H and O–H groups in total. The normalized spacial score (nSPS) is 17.0. The third kappa shape index (κ3) is 4.36. The Morgan fingerprint density at radius 1 is 1.32 bits per heavy atom. The van der Waals surface area contributed by atoms with Crippen molar-refractivity contribution in [3.05, 3.63) is 29.3 Å². The highest BCUT2D eigenvalue weighted by Crippen LogP contribution is 2.22. The molecule has 1 amide bonds. The number of morpholine rings is 1. The number of nitrogens with zero attached hydrogens (tertiary/aromatic N) is 1. The largest absolute Gasteiger partial charge is 0.480 e. The quantitative estimate of drug-likeness (QED) is 0.759. The van der Waals surface area contributed by atoms with Crippen molar-refractivity contribution in [1.29, 1.82) is 0 Å². The van der Waals surface area contributed by atoms with E-state index in [0.29, 0.717) is 18.8 Å². The molecule has 2 rings (SSSR count). The number of amides is 1. The second-order valence-electron chi connectivity index (χ2n) is 5.77. The highest BCUT2D eigenvalue weighted by Gasteiger charge is 2.29. The summed E-state index contributed by atoms with van der Waals surface area (Å²) in [7, 11) is -3.74. The fourth-order valence-corrected chi connectivity index (χ4v) is 4.18. The lowest BCUT2D eigenvalue weighted by molar-refractivity contribution is -0.139. The van der Waals surface area contributed by atoms with Gasteiger partial charge >= 0.3 is 5.97 Å². The van der Waals surface area contributed by atoms with Gasteiger partial charge in [0.1, 0.15) is 6.04 Å². The van der Waals surface area contributed by atoms with Crippen LogP contribution in [-0.2, 0) is 19.6 Å². The average molecular weight is 370 g/mol. The molecule has 0 radical (unpaired) electrons. The summed E-state index contributed by atoms with van der Waals surface area (Å²) in [5.74, 6) is -1.75. The number of hydrogen-bond donors (Lipinski definition) is 2. The van der Waals surface area contributed by atoms with E-state index in [9.17, 15) is 18.0 Å². The first-order valence-corrected chi connectivity index (χ1v) is 9.43. The van der Waals surface area contributed by atoms with Gasteiger partial charge in [-0.05, 0) is 31.0 Å². The van der Waals surface area contributed by atoms with Crippen LogP contribution in [0.15, 0.2) is 23.1 Å². The number of carbonyl (C=O) groups excluding carboxylic acids is 1. The molecule has 1 fully saturated rings. The molecular formula is C16H22N2O6S. The molecule has 1 unspecified atom stereocenters. The smallest absolute Gasteiger partial charge is 0.326 e. The molecule has 0 saturated carbocycles. The topological polar surface area (TPSA) is 113 Å². The monoisotopic (exact) mass is 370 g/mol. The molecule has 1 aromatic rings. The second kappa shape index (κ2) is 7.94. The molecule has 1 heterocycles. The van der Waals surface area contributed by atoms with E-state index in [1.807, 2.05) is 0 Å². The standard InChI is InChI=1S/C16H22N2O6S/c1-3-13(16(20)21)17-15(19)12-5-4-11(2)14(10-12)25(22,23)18-6-8-24-9-7-18/h4-5,10,13H,3,6-9H2,1-2H3,(H,17,19)(H,20,21). The lowest BCUT2D eigenvalue weighted by Gasteiger charge is -2.26. The molecule has 8 nitrogen and oxygen atoms in total. The van der Waals surface area contributed by atoms with Crippen LogP contribution < -0.4 is 5.32 Å². The van der Waals surface area contributed by atoms with Gasteiger partial charge in [0, 0.05) is 18.7 Å². The number of carboxylic acids is 1. The molecule has 0 spiro atoms. The van der Waals surface area contributed by atoms with Crippen molar-refractivity contribution < 1.29 is 27.9 Å². The van der Waals surface area contributed by atoms with Gasteiger partial charge in [-0.1, -0.05) is 13.0 Å². The SMILES string of the molecule is CCC(NC(=O)c1ccc(C)c(S(=O)(=O)N2CCOCC2)c1)C(=O)O. The Hall–Kier alpha value is -1.97. The zero-order valence-electron chi connectivity index (χ0n) is 14.2. The maximum absolute atomic E-state index is 12.8. The van der Waals surface area contributed by atoms with E-state index in [0.717, 1.165) is 0 Å². The lowest BCUT2D eigenvalue weighted by atomic mass is 10.1. The second-order valence-corrected chi connectivity index (χ2v) is 7.68. The summed E-state index contributed by atoms with van der Waals surface area (Å²) in [6.07, 6.45) is 0.228. The van der Waals surface area contributed by atoms with Crippen LogP contribution in [0.3, 0.4) is 0 Å². The molecular weight excluding hydrogens is 348 g/mol. The predicted octanol–water partition coefficient (Wildman–Crippen LogP) is 0.609. The molecule has 1 atom stereocenters. The van der Waals surface area contributed by atoms with Gasteiger partial charge in [0.2, 0.25) is 10.0 Å². The minimum atomic E-state index is -3.74. The molecule has 1 aliphatic rings. The summed E-state index contributed by atoms with van der Waals surface area (Å²) in [5.41, 5.74) is 0.630.